The van der Waals surface area contributed by atoms with Crippen LogP contribution in [0.1, 0.15) is 39.5 Å². The van der Waals surface area contributed by atoms with E-state index < -0.39 is 0 Å². The Balaban J connectivity index is 2.60. The summed E-state index contributed by atoms with van der Waals surface area (Å²) >= 11 is 3.64. The summed E-state index contributed by atoms with van der Waals surface area (Å²) < 4.78 is 5.81. The lowest BCUT2D eigenvalue weighted by Gasteiger charge is -2.33. The van der Waals surface area contributed by atoms with Crippen molar-refractivity contribution in [2.45, 2.75) is 50.5 Å². The summed E-state index contributed by atoms with van der Waals surface area (Å²) in [5, 5.41) is 0. The predicted molar refractivity (Wildman–Crippen MR) is 64.9 cm³/mol. The number of hydrogen-bond acceptors (Lipinski definition) is 1. The Hall–Kier alpha value is 0.180. The molecule has 0 radical (unpaired) electrons. The fraction of sp³-hybridized carbons (Fsp3) is 0.833. The lowest BCUT2D eigenvalue weighted by atomic mass is 9.81. The quantitative estimate of drug-likeness (QED) is 0.550. The smallest absolute Gasteiger partial charge is 0.0762 e. The highest BCUT2D eigenvalue weighted by Gasteiger charge is 2.29. The van der Waals surface area contributed by atoms with Crippen molar-refractivity contribution in [3.63, 3.8) is 0 Å². The molecule has 1 aliphatic carbocycles. The van der Waals surface area contributed by atoms with Crippen LogP contribution < -0.4 is 0 Å². The molecule has 0 N–H and O–H groups in total. The SMILES string of the molecule is C=C1CCCCC1C(OCC)C(C)Br. The van der Waals surface area contributed by atoms with E-state index in [-0.39, 0.29) is 0 Å². The Kier molecular flexibility index (Phi) is 5.18. The van der Waals surface area contributed by atoms with Gasteiger partial charge in [0.2, 0.25) is 0 Å². The lowest BCUT2D eigenvalue weighted by molar-refractivity contribution is 0.0262. The second kappa shape index (κ2) is 5.92. The minimum atomic E-state index is 0.313. The Bertz CT molecular complexity index is 189. The lowest BCUT2D eigenvalue weighted by Crippen LogP contribution is -2.33. The molecule has 0 amide bonds. The van der Waals surface area contributed by atoms with Gasteiger partial charge in [-0.15, -0.1) is 0 Å². The molecule has 0 aromatic carbocycles. The van der Waals surface area contributed by atoms with Gasteiger partial charge in [0.15, 0.2) is 0 Å². The summed E-state index contributed by atoms with van der Waals surface area (Å²) in [6.07, 6.45) is 5.39. The van der Waals surface area contributed by atoms with E-state index in [2.05, 4.69) is 36.4 Å². The van der Waals surface area contributed by atoms with Crippen LogP contribution in [-0.4, -0.2) is 17.5 Å². The zero-order chi connectivity index (χ0) is 10.6. The largest absolute Gasteiger partial charge is 0.377 e. The molecule has 1 aliphatic rings. The van der Waals surface area contributed by atoms with E-state index >= 15 is 0 Å². The molecule has 0 heterocycles. The van der Waals surface area contributed by atoms with Crippen molar-refractivity contribution in [1.29, 1.82) is 0 Å². The highest BCUT2D eigenvalue weighted by atomic mass is 79.9. The molecule has 1 nitrogen and oxygen atoms in total. The molecule has 0 bridgehead atoms. The van der Waals surface area contributed by atoms with Gasteiger partial charge in [-0.2, -0.15) is 0 Å². The highest BCUT2D eigenvalue weighted by Crippen LogP contribution is 2.34. The first kappa shape index (κ1) is 12.3. The number of ether oxygens (including phenoxy) is 1. The standard InChI is InChI=1S/C12H21BrO/c1-4-14-12(10(3)13)11-8-6-5-7-9(11)2/h10-12H,2,4-8H2,1,3H3. The van der Waals surface area contributed by atoms with Crippen molar-refractivity contribution in [2.24, 2.45) is 5.92 Å². The van der Waals surface area contributed by atoms with Crippen LogP contribution in [0.5, 0.6) is 0 Å². The molecule has 14 heavy (non-hydrogen) atoms. The molecule has 1 fully saturated rings. The normalized spacial score (nSPS) is 27.4. The van der Waals surface area contributed by atoms with Crippen LogP contribution in [-0.2, 0) is 4.74 Å². The van der Waals surface area contributed by atoms with Crippen molar-refractivity contribution in [3.8, 4) is 0 Å². The maximum atomic E-state index is 5.81. The molecule has 0 aliphatic heterocycles. The summed E-state index contributed by atoms with van der Waals surface area (Å²) in [6.45, 7) is 9.21. The van der Waals surface area contributed by atoms with Crippen molar-refractivity contribution >= 4 is 15.9 Å². The Morgan fingerprint density at radius 2 is 2.29 bits per heavy atom. The molecule has 3 atom stereocenters. The number of rotatable bonds is 4. The molecule has 82 valence electrons. The van der Waals surface area contributed by atoms with E-state index in [1.165, 1.54) is 31.3 Å². The number of hydrogen-bond donors (Lipinski definition) is 0. The van der Waals surface area contributed by atoms with Gasteiger partial charge >= 0.3 is 0 Å². The van der Waals surface area contributed by atoms with E-state index in [1.807, 2.05) is 0 Å². The van der Waals surface area contributed by atoms with Crippen molar-refractivity contribution < 1.29 is 4.74 Å². The summed E-state index contributed by atoms with van der Waals surface area (Å²) in [5.74, 6) is 0.568. The van der Waals surface area contributed by atoms with Gasteiger partial charge in [0, 0.05) is 17.4 Å². The average Bonchev–Trinajstić information content (AvgIpc) is 2.15. The monoisotopic (exact) mass is 260 g/mol. The van der Waals surface area contributed by atoms with Crippen molar-refractivity contribution in [3.05, 3.63) is 12.2 Å². The van der Waals surface area contributed by atoms with Crippen LogP contribution in [0.25, 0.3) is 0 Å². The fourth-order valence-corrected chi connectivity index (χ4v) is 2.78. The van der Waals surface area contributed by atoms with E-state index in [1.54, 1.807) is 0 Å². The van der Waals surface area contributed by atoms with Crippen molar-refractivity contribution in [2.75, 3.05) is 6.61 Å². The van der Waals surface area contributed by atoms with E-state index in [0.717, 1.165) is 6.61 Å². The maximum absolute atomic E-state index is 5.81. The van der Waals surface area contributed by atoms with E-state index in [9.17, 15) is 0 Å². The topological polar surface area (TPSA) is 9.23 Å². The Morgan fingerprint density at radius 1 is 1.57 bits per heavy atom. The van der Waals surface area contributed by atoms with Gasteiger partial charge in [-0.05, 0) is 26.2 Å². The van der Waals surface area contributed by atoms with Gasteiger partial charge < -0.3 is 4.74 Å². The third-order valence-electron chi connectivity index (χ3n) is 3.00. The Labute approximate surface area is 96.0 Å². The molecule has 0 aromatic heterocycles. The molecule has 0 spiro atoms. The van der Waals surface area contributed by atoms with E-state index in [0.29, 0.717) is 16.8 Å². The number of halogens is 1. The van der Waals surface area contributed by atoms with Gasteiger partial charge in [-0.3, -0.25) is 0 Å². The van der Waals surface area contributed by atoms with Crippen LogP contribution in [0.3, 0.4) is 0 Å². The molecule has 1 rings (SSSR count). The second-order valence-electron chi connectivity index (χ2n) is 4.11. The first-order valence-corrected chi connectivity index (χ1v) is 6.51. The van der Waals surface area contributed by atoms with Gasteiger partial charge in [-0.25, -0.2) is 0 Å². The third-order valence-corrected chi connectivity index (χ3v) is 3.52. The van der Waals surface area contributed by atoms with Crippen LogP contribution in [0.15, 0.2) is 12.2 Å². The zero-order valence-electron chi connectivity index (χ0n) is 9.26. The summed E-state index contributed by atoms with van der Waals surface area (Å²) in [5.41, 5.74) is 1.39. The van der Waals surface area contributed by atoms with Gasteiger partial charge in [0.25, 0.3) is 0 Å². The minimum Gasteiger partial charge on any atom is -0.377 e. The molecule has 0 saturated heterocycles. The van der Waals surface area contributed by atoms with Crippen LogP contribution in [0.4, 0.5) is 0 Å². The predicted octanol–water partition coefficient (Wildman–Crippen LogP) is 3.92. The average molecular weight is 261 g/mol. The number of alkyl halides is 1. The zero-order valence-corrected chi connectivity index (χ0v) is 10.8. The molecule has 1 saturated carbocycles. The second-order valence-corrected chi connectivity index (χ2v) is 5.55. The third kappa shape index (κ3) is 3.09. The molecular weight excluding hydrogens is 240 g/mol. The minimum absolute atomic E-state index is 0.313. The molecule has 0 aromatic rings. The van der Waals surface area contributed by atoms with Gasteiger partial charge in [0.1, 0.15) is 0 Å². The molecular formula is C12H21BrO. The molecule has 3 unspecified atom stereocenters. The van der Waals surface area contributed by atoms with Gasteiger partial charge in [-0.1, -0.05) is 41.4 Å². The summed E-state index contributed by atoms with van der Waals surface area (Å²) in [6, 6.07) is 0. The first-order chi connectivity index (χ1) is 6.66. The van der Waals surface area contributed by atoms with Crippen LogP contribution in [0, 0.1) is 5.92 Å². The van der Waals surface area contributed by atoms with Gasteiger partial charge in [0.05, 0.1) is 6.10 Å². The van der Waals surface area contributed by atoms with Crippen molar-refractivity contribution in [1.82, 2.24) is 0 Å². The molecule has 2 heteroatoms. The Morgan fingerprint density at radius 3 is 2.79 bits per heavy atom. The first-order valence-electron chi connectivity index (χ1n) is 5.60. The fourth-order valence-electron chi connectivity index (χ4n) is 2.26. The summed E-state index contributed by atoms with van der Waals surface area (Å²) in [4.78, 5) is 0.419. The maximum Gasteiger partial charge on any atom is 0.0762 e. The summed E-state index contributed by atoms with van der Waals surface area (Å²) in [7, 11) is 0. The highest BCUT2D eigenvalue weighted by molar-refractivity contribution is 9.09. The van der Waals surface area contributed by atoms with Crippen LogP contribution in [0.2, 0.25) is 0 Å². The van der Waals surface area contributed by atoms with E-state index in [4.69, 9.17) is 4.74 Å². The van der Waals surface area contributed by atoms with Crippen LogP contribution >= 0.6 is 15.9 Å².